The lowest BCUT2D eigenvalue weighted by molar-refractivity contribution is -0.117. The number of hydrogen-bond donors (Lipinski definition) is 1. The number of aromatic nitrogens is 1. The zero-order chi connectivity index (χ0) is 18.9. The monoisotopic (exact) mass is 370 g/mol. The van der Waals surface area contributed by atoms with Gasteiger partial charge in [0.1, 0.15) is 5.75 Å². The molecule has 2 atom stereocenters. The molecule has 0 bridgehead atoms. The predicted molar refractivity (Wildman–Crippen MR) is 109 cm³/mol. The Labute approximate surface area is 164 Å². The van der Waals surface area contributed by atoms with Crippen LogP contribution < -0.4 is 10.1 Å². The smallest absolute Gasteiger partial charge is 0.228 e. The van der Waals surface area contributed by atoms with Crippen LogP contribution in [0.15, 0.2) is 72.9 Å². The second kappa shape index (κ2) is 7.12. The molecule has 1 aromatic heterocycles. The van der Waals surface area contributed by atoms with Crippen molar-refractivity contribution in [2.75, 3.05) is 5.32 Å². The van der Waals surface area contributed by atoms with Gasteiger partial charge in [-0.15, -0.1) is 0 Å². The molecule has 5 rings (SSSR count). The fraction of sp³-hybridized carbons (Fsp3) is 0.250. The van der Waals surface area contributed by atoms with E-state index in [9.17, 15) is 4.79 Å². The molecule has 2 aliphatic carbocycles. The predicted octanol–water partition coefficient (Wildman–Crippen LogP) is 5.03. The van der Waals surface area contributed by atoms with Crippen LogP contribution in [-0.4, -0.2) is 17.0 Å². The lowest BCUT2D eigenvalue weighted by atomic mass is 10.1. The quantitative estimate of drug-likeness (QED) is 0.662. The van der Waals surface area contributed by atoms with E-state index in [1.165, 1.54) is 12.8 Å². The normalized spacial score (nSPS) is 20.4. The van der Waals surface area contributed by atoms with Crippen LogP contribution in [0.5, 0.6) is 5.75 Å². The highest BCUT2D eigenvalue weighted by atomic mass is 16.5. The number of nitrogens with one attached hydrogen (secondary N) is 1. The van der Waals surface area contributed by atoms with Crippen molar-refractivity contribution in [3.05, 3.63) is 78.6 Å². The lowest BCUT2D eigenvalue weighted by Gasteiger charge is -2.08. The Balaban J connectivity index is 1.20. The number of benzene rings is 2. The van der Waals surface area contributed by atoms with Crippen LogP contribution in [0.1, 0.15) is 30.9 Å². The largest absolute Gasteiger partial charge is 0.490 e. The van der Waals surface area contributed by atoms with Crippen LogP contribution in [0.25, 0.3) is 11.1 Å². The summed E-state index contributed by atoms with van der Waals surface area (Å²) in [4.78, 5) is 16.9. The first-order valence-corrected chi connectivity index (χ1v) is 9.85. The summed E-state index contributed by atoms with van der Waals surface area (Å²) >= 11 is 0. The molecule has 0 spiro atoms. The lowest BCUT2D eigenvalue weighted by Crippen LogP contribution is -2.14. The number of ether oxygens (including phenoxy) is 1. The van der Waals surface area contributed by atoms with Crippen molar-refractivity contribution in [1.29, 1.82) is 0 Å². The summed E-state index contributed by atoms with van der Waals surface area (Å²) in [6, 6.07) is 22.1. The first-order chi connectivity index (χ1) is 13.8. The highest BCUT2D eigenvalue weighted by Gasteiger charge is 2.44. The second-order valence-electron chi connectivity index (χ2n) is 7.61. The Morgan fingerprint density at radius 2 is 1.64 bits per heavy atom. The van der Waals surface area contributed by atoms with Crippen molar-refractivity contribution in [3.8, 4) is 16.9 Å². The van der Waals surface area contributed by atoms with Crippen molar-refractivity contribution in [2.24, 2.45) is 5.92 Å². The van der Waals surface area contributed by atoms with E-state index in [0.29, 0.717) is 6.10 Å². The Bertz CT molecular complexity index is 964. The third-order valence-electron chi connectivity index (χ3n) is 5.36. The molecule has 1 amide bonds. The van der Waals surface area contributed by atoms with E-state index in [1.54, 1.807) is 6.20 Å². The van der Waals surface area contributed by atoms with E-state index in [0.717, 1.165) is 34.7 Å². The van der Waals surface area contributed by atoms with Crippen LogP contribution in [0.2, 0.25) is 0 Å². The van der Waals surface area contributed by atoms with Gasteiger partial charge in [-0.25, -0.2) is 0 Å². The summed E-state index contributed by atoms with van der Waals surface area (Å²) in [5.74, 6) is 1.28. The van der Waals surface area contributed by atoms with Crippen LogP contribution >= 0.6 is 0 Å². The first kappa shape index (κ1) is 17.0. The van der Waals surface area contributed by atoms with Gasteiger partial charge in [0.05, 0.1) is 6.10 Å². The number of pyridine rings is 1. The van der Waals surface area contributed by atoms with Gasteiger partial charge in [0, 0.05) is 29.4 Å². The van der Waals surface area contributed by atoms with Gasteiger partial charge in [0.25, 0.3) is 0 Å². The van der Waals surface area contributed by atoms with E-state index >= 15 is 0 Å². The van der Waals surface area contributed by atoms with Gasteiger partial charge in [-0.1, -0.05) is 30.3 Å². The second-order valence-corrected chi connectivity index (χ2v) is 7.61. The van der Waals surface area contributed by atoms with Gasteiger partial charge in [-0.2, -0.15) is 0 Å². The molecule has 2 fully saturated rings. The minimum atomic E-state index is 0.0218. The Hall–Kier alpha value is -3.14. The molecular formula is C24H22N2O2. The van der Waals surface area contributed by atoms with Crippen molar-refractivity contribution >= 4 is 11.6 Å². The molecule has 0 radical (unpaired) electrons. The van der Waals surface area contributed by atoms with Crippen LogP contribution in [0.4, 0.5) is 5.69 Å². The zero-order valence-electron chi connectivity index (χ0n) is 15.5. The number of anilines is 1. The molecule has 140 valence electrons. The molecule has 4 heteroatoms. The highest BCUT2D eigenvalue weighted by molar-refractivity contribution is 5.95. The van der Waals surface area contributed by atoms with E-state index in [1.807, 2.05) is 54.6 Å². The van der Waals surface area contributed by atoms with Crippen molar-refractivity contribution in [1.82, 2.24) is 4.98 Å². The minimum absolute atomic E-state index is 0.0218. The molecular weight excluding hydrogens is 348 g/mol. The molecule has 0 saturated heterocycles. The zero-order valence-corrected chi connectivity index (χ0v) is 15.5. The van der Waals surface area contributed by atoms with Gasteiger partial charge in [-0.05, 0) is 66.8 Å². The highest BCUT2D eigenvalue weighted by Crippen LogP contribution is 2.47. The van der Waals surface area contributed by atoms with Gasteiger partial charge in [-0.3, -0.25) is 9.78 Å². The molecule has 28 heavy (non-hydrogen) atoms. The number of carbonyl (C=O) groups is 1. The number of nitrogens with zero attached hydrogens (tertiary/aromatic N) is 1. The van der Waals surface area contributed by atoms with Gasteiger partial charge >= 0.3 is 0 Å². The van der Waals surface area contributed by atoms with E-state index in [4.69, 9.17) is 4.74 Å². The minimum Gasteiger partial charge on any atom is -0.490 e. The molecule has 2 saturated carbocycles. The number of rotatable bonds is 6. The summed E-state index contributed by atoms with van der Waals surface area (Å²) in [7, 11) is 0. The number of hydrogen-bond acceptors (Lipinski definition) is 3. The molecule has 1 heterocycles. The maximum atomic E-state index is 12.5. The SMILES string of the molecule is O=C(Nc1ccc(-c2ccc(OC3CC3)cc2)cc1)C1CC1c1ccccn1. The molecule has 2 unspecified atom stereocenters. The number of amides is 1. The summed E-state index contributed by atoms with van der Waals surface area (Å²) in [5, 5.41) is 3.03. The van der Waals surface area contributed by atoms with Crippen LogP contribution in [0, 0.1) is 5.92 Å². The Morgan fingerprint density at radius 3 is 2.29 bits per heavy atom. The standard InChI is InChI=1S/C24H22N2O2/c27-24(22-15-21(22)23-3-1-2-14-25-23)26-18-8-4-16(5-9-18)17-6-10-19(11-7-17)28-20-12-13-20/h1-11,14,20-22H,12-13,15H2,(H,26,27). The molecule has 1 N–H and O–H groups in total. The summed E-state index contributed by atoms with van der Waals surface area (Å²) in [6.07, 6.45) is 5.40. The summed E-state index contributed by atoms with van der Waals surface area (Å²) in [5.41, 5.74) is 4.09. The third-order valence-corrected chi connectivity index (χ3v) is 5.36. The maximum absolute atomic E-state index is 12.5. The molecule has 2 aromatic carbocycles. The molecule has 0 aliphatic heterocycles. The Morgan fingerprint density at radius 1 is 0.929 bits per heavy atom. The third kappa shape index (κ3) is 3.77. The van der Waals surface area contributed by atoms with E-state index < -0.39 is 0 Å². The van der Waals surface area contributed by atoms with Crippen molar-refractivity contribution in [3.63, 3.8) is 0 Å². The van der Waals surface area contributed by atoms with Crippen LogP contribution in [-0.2, 0) is 4.79 Å². The Kier molecular flexibility index (Phi) is 4.32. The topological polar surface area (TPSA) is 51.2 Å². The average Bonchev–Trinajstić information content (AvgIpc) is 3.65. The average molecular weight is 370 g/mol. The first-order valence-electron chi connectivity index (χ1n) is 9.85. The number of carbonyl (C=O) groups excluding carboxylic acids is 1. The fourth-order valence-corrected chi connectivity index (χ4v) is 3.49. The molecule has 4 nitrogen and oxygen atoms in total. The maximum Gasteiger partial charge on any atom is 0.228 e. The van der Waals surface area contributed by atoms with Crippen molar-refractivity contribution < 1.29 is 9.53 Å². The summed E-state index contributed by atoms with van der Waals surface area (Å²) < 4.78 is 5.80. The van der Waals surface area contributed by atoms with Gasteiger partial charge in [0.15, 0.2) is 0 Å². The van der Waals surface area contributed by atoms with E-state index in [-0.39, 0.29) is 17.7 Å². The molecule has 3 aromatic rings. The fourth-order valence-electron chi connectivity index (χ4n) is 3.49. The van der Waals surface area contributed by atoms with Gasteiger partial charge in [0.2, 0.25) is 5.91 Å². The molecule has 2 aliphatic rings. The van der Waals surface area contributed by atoms with E-state index in [2.05, 4.69) is 22.4 Å². The van der Waals surface area contributed by atoms with Crippen molar-refractivity contribution in [2.45, 2.75) is 31.3 Å². The summed E-state index contributed by atoms with van der Waals surface area (Å²) in [6.45, 7) is 0. The van der Waals surface area contributed by atoms with Gasteiger partial charge < -0.3 is 10.1 Å². The van der Waals surface area contributed by atoms with Crippen LogP contribution in [0.3, 0.4) is 0 Å².